The third-order valence-corrected chi connectivity index (χ3v) is 3.46. The van der Waals surface area contributed by atoms with Crippen LogP contribution in [-0.2, 0) is 10.0 Å². The number of nitrogens with two attached hydrogens (primary N) is 1. The number of halogens is 2. The molecule has 0 fully saturated rings. The Bertz CT molecular complexity index is 459. The molecule has 0 aliphatic carbocycles. The van der Waals surface area contributed by atoms with E-state index in [9.17, 15) is 17.2 Å². The highest BCUT2D eigenvalue weighted by Gasteiger charge is 2.24. The monoisotopic (exact) mass is 235 g/mol. The third-order valence-electron chi connectivity index (χ3n) is 2.08. The highest BCUT2D eigenvalue weighted by molar-refractivity contribution is 7.89. The van der Waals surface area contributed by atoms with Crippen molar-refractivity contribution in [3.8, 4) is 0 Å². The zero-order chi connectivity index (χ0) is 11.6. The zero-order valence-corrected chi connectivity index (χ0v) is 8.89. The van der Waals surface area contributed by atoms with Crippen molar-refractivity contribution in [3.05, 3.63) is 35.4 Å². The summed E-state index contributed by atoms with van der Waals surface area (Å²) in [5.41, 5.74) is -0.0959. The fraction of sp³-hybridized carbons (Fsp3) is 0.333. The predicted molar refractivity (Wildman–Crippen MR) is 52.5 cm³/mol. The van der Waals surface area contributed by atoms with Crippen LogP contribution in [0, 0.1) is 11.6 Å². The molecule has 2 N–H and O–H groups in total. The summed E-state index contributed by atoms with van der Waals surface area (Å²) >= 11 is 0. The van der Waals surface area contributed by atoms with Gasteiger partial charge in [-0.2, -0.15) is 0 Å². The van der Waals surface area contributed by atoms with E-state index < -0.39 is 26.9 Å². The van der Waals surface area contributed by atoms with E-state index in [4.69, 9.17) is 5.14 Å². The SMILES string of the molecule is CCC(c1ccc(F)cc1F)S(N)(=O)=O. The van der Waals surface area contributed by atoms with Gasteiger partial charge in [0.15, 0.2) is 0 Å². The van der Waals surface area contributed by atoms with Crippen LogP contribution in [0.25, 0.3) is 0 Å². The molecule has 0 aliphatic rings. The summed E-state index contributed by atoms with van der Waals surface area (Å²) in [5.74, 6) is -1.64. The van der Waals surface area contributed by atoms with Crippen LogP contribution in [0.5, 0.6) is 0 Å². The molecule has 3 nitrogen and oxygen atoms in total. The third kappa shape index (κ3) is 2.73. The van der Waals surface area contributed by atoms with Crippen molar-refractivity contribution in [3.63, 3.8) is 0 Å². The second-order valence-corrected chi connectivity index (χ2v) is 4.90. The topological polar surface area (TPSA) is 60.2 Å². The first kappa shape index (κ1) is 12.1. The smallest absolute Gasteiger partial charge is 0.216 e. The lowest BCUT2D eigenvalue weighted by molar-refractivity contribution is 0.552. The van der Waals surface area contributed by atoms with Crippen LogP contribution >= 0.6 is 0 Å². The lowest BCUT2D eigenvalue weighted by atomic mass is 10.1. The van der Waals surface area contributed by atoms with Gasteiger partial charge in [0.05, 0.1) is 0 Å². The summed E-state index contributed by atoms with van der Waals surface area (Å²) in [4.78, 5) is 0. The first-order valence-electron chi connectivity index (χ1n) is 4.32. The molecular weight excluding hydrogens is 224 g/mol. The molecule has 1 atom stereocenters. The second kappa shape index (κ2) is 4.24. The number of hydrogen-bond acceptors (Lipinski definition) is 2. The Labute approximate surface area is 87.0 Å². The fourth-order valence-electron chi connectivity index (χ4n) is 1.39. The normalized spacial score (nSPS) is 13.9. The van der Waals surface area contributed by atoms with Crippen LogP contribution in [0.15, 0.2) is 18.2 Å². The molecule has 0 saturated heterocycles. The lowest BCUT2D eigenvalue weighted by Crippen LogP contribution is -2.22. The van der Waals surface area contributed by atoms with Gasteiger partial charge in [-0.05, 0) is 12.5 Å². The van der Waals surface area contributed by atoms with Crippen molar-refractivity contribution >= 4 is 10.0 Å². The average Bonchev–Trinajstić information content (AvgIpc) is 2.07. The van der Waals surface area contributed by atoms with Crippen molar-refractivity contribution in [2.45, 2.75) is 18.6 Å². The molecule has 1 rings (SSSR count). The van der Waals surface area contributed by atoms with E-state index in [0.29, 0.717) is 6.07 Å². The molecule has 0 radical (unpaired) electrons. The summed E-state index contributed by atoms with van der Waals surface area (Å²) in [6.07, 6.45) is 0.140. The van der Waals surface area contributed by atoms with E-state index in [1.807, 2.05) is 0 Å². The van der Waals surface area contributed by atoms with E-state index in [1.54, 1.807) is 6.92 Å². The van der Waals surface area contributed by atoms with Gasteiger partial charge in [0, 0.05) is 11.6 Å². The molecule has 0 aliphatic heterocycles. The van der Waals surface area contributed by atoms with Crippen molar-refractivity contribution in [1.82, 2.24) is 0 Å². The average molecular weight is 235 g/mol. The molecule has 0 aromatic heterocycles. The highest BCUT2D eigenvalue weighted by atomic mass is 32.2. The molecular formula is C9H11F2NO2S. The largest absolute Gasteiger partial charge is 0.228 e. The number of sulfonamides is 1. The van der Waals surface area contributed by atoms with E-state index >= 15 is 0 Å². The summed E-state index contributed by atoms with van der Waals surface area (Å²) in [5, 5.41) is 3.81. The minimum atomic E-state index is -3.87. The molecule has 0 spiro atoms. The second-order valence-electron chi connectivity index (χ2n) is 3.15. The number of benzene rings is 1. The molecule has 1 aromatic carbocycles. The molecule has 1 aromatic rings. The Morgan fingerprint density at radius 2 is 2.00 bits per heavy atom. The maximum atomic E-state index is 13.3. The van der Waals surface area contributed by atoms with Crippen molar-refractivity contribution in [1.29, 1.82) is 0 Å². The van der Waals surface area contributed by atoms with Crippen LogP contribution in [0.2, 0.25) is 0 Å². The molecule has 6 heteroatoms. The number of rotatable bonds is 3. The van der Waals surface area contributed by atoms with Crippen LogP contribution in [0.3, 0.4) is 0 Å². The molecule has 0 bridgehead atoms. The maximum Gasteiger partial charge on any atom is 0.216 e. The summed E-state index contributed by atoms with van der Waals surface area (Å²) < 4.78 is 48.1. The van der Waals surface area contributed by atoms with Gasteiger partial charge in [0.2, 0.25) is 10.0 Å². The predicted octanol–water partition coefficient (Wildman–Crippen LogP) is 1.70. The number of hydrogen-bond donors (Lipinski definition) is 1. The minimum Gasteiger partial charge on any atom is -0.228 e. The quantitative estimate of drug-likeness (QED) is 0.866. The van der Waals surface area contributed by atoms with Gasteiger partial charge >= 0.3 is 0 Å². The molecule has 0 amide bonds. The summed E-state index contributed by atoms with van der Waals surface area (Å²) in [6.45, 7) is 1.57. The zero-order valence-electron chi connectivity index (χ0n) is 8.07. The molecule has 1 unspecified atom stereocenters. The van der Waals surface area contributed by atoms with Gasteiger partial charge in [0.1, 0.15) is 16.9 Å². The van der Waals surface area contributed by atoms with Crippen LogP contribution in [0.1, 0.15) is 24.2 Å². The van der Waals surface area contributed by atoms with Crippen molar-refractivity contribution in [2.75, 3.05) is 0 Å². The lowest BCUT2D eigenvalue weighted by Gasteiger charge is -2.13. The van der Waals surface area contributed by atoms with Crippen molar-refractivity contribution in [2.24, 2.45) is 5.14 Å². The van der Waals surface area contributed by atoms with E-state index in [1.165, 1.54) is 0 Å². The van der Waals surface area contributed by atoms with E-state index in [2.05, 4.69) is 0 Å². The molecule has 0 saturated carbocycles. The summed E-state index contributed by atoms with van der Waals surface area (Å²) in [6, 6.07) is 2.75. The maximum absolute atomic E-state index is 13.3. The van der Waals surface area contributed by atoms with Gasteiger partial charge in [-0.1, -0.05) is 13.0 Å². The summed E-state index contributed by atoms with van der Waals surface area (Å²) in [7, 11) is -3.87. The van der Waals surface area contributed by atoms with Gasteiger partial charge in [0.25, 0.3) is 0 Å². The van der Waals surface area contributed by atoms with Gasteiger partial charge in [-0.15, -0.1) is 0 Å². The Hall–Kier alpha value is -1.01. The highest BCUT2D eigenvalue weighted by Crippen LogP contribution is 2.26. The Morgan fingerprint density at radius 3 is 2.40 bits per heavy atom. The van der Waals surface area contributed by atoms with Crippen molar-refractivity contribution < 1.29 is 17.2 Å². The standard InChI is InChI=1S/C9H11F2NO2S/c1-2-9(15(12,13)14)7-4-3-6(10)5-8(7)11/h3-5,9H,2H2,1H3,(H2,12,13,14). The minimum absolute atomic E-state index is 0.0959. The first-order valence-corrected chi connectivity index (χ1v) is 5.93. The Morgan fingerprint density at radius 1 is 1.40 bits per heavy atom. The Kier molecular flexibility index (Phi) is 3.41. The molecule has 15 heavy (non-hydrogen) atoms. The molecule has 84 valence electrons. The van der Waals surface area contributed by atoms with E-state index in [-0.39, 0.29) is 12.0 Å². The van der Waals surface area contributed by atoms with Crippen LogP contribution < -0.4 is 5.14 Å². The number of primary sulfonamides is 1. The van der Waals surface area contributed by atoms with Crippen LogP contribution in [0.4, 0.5) is 8.78 Å². The van der Waals surface area contributed by atoms with Gasteiger partial charge < -0.3 is 0 Å². The van der Waals surface area contributed by atoms with Crippen LogP contribution in [-0.4, -0.2) is 8.42 Å². The Balaban J connectivity index is 3.25. The fourth-order valence-corrected chi connectivity index (χ4v) is 2.40. The molecule has 0 heterocycles. The first-order chi connectivity index (χ1) is 6.86. The van der Waals surface area contributed by atoms with E-state index in [0.717, 1.165) is 12.1 Å². The van der Waals surface area contributed by atoms with Gasteiger partial charge in [-0.3, -0.25) is 0 Å². The van der Waals surface area contributed by atoms with Gasteiger partial charge in [-0.25, -0.2) is 22.3 Å².